The largest absolute Gasteiger partial charge is 0.486 e. The zero-order valence-corrected chi connectivity index (χ0v) is 16.2. The van der Waals surface area contributed by atoms with E-state index in [-0.39, 0.29) is 25.3 Å². The summed E-state index contributed by atoms with van der Waals surface area (Å²) in [6.45, 7) is 0.353. The van der Waals surface area contributed by atoms with Crippen LogP contribution in [0.5, 0.6) is 5.75 Å². The van der Waals surface area contributed by atoms with Gasteiger partial charge in [-0.05, 0) is 36.4 Å². The Morgan fingerprint density at radius 1 is 0.867 bits per heavy atom. The van der Waals surface area contributed by atoms with Gasteiger partial charge in [0.2, 0.25) is 0 Å². The van der Waals surface area contributed by atoms with Crippen molar-refractivity contribution in [2.24, 2.45) is 0 Å². The van der Waals surface area contributed by atoms with Crippen LogP contribution in [0.4, 0.5) is 0 Å². The maximum atomic E-state index is 13.0. The van der Waals surface area contributed by atoms with Crippen molar-refractivity contribution in [3.8, 4) is 5.75 Å². The molecule has 150 valence electrons. The first-order chi connectivity index (χ1) is 14.7. The highest BCUT2D eigenvalue weighted by molar-refractivity contribution is 5.89. The van der Waals surface area contributed by atoms with Crippen molar-refractivity contribution in [3.63, 3.8) is 0 Å². The topological polar surface area (TPSA) is 70.4 Å². The first-order valence-electron chi connectivity index (χ1n) is 9.61. The maximum Gasteiger partial charge on any atom is 0.338 e. The average Bonchev–Trinajstić information content (AvgIpc) is 2.80. The Bertz CT molecular complexity index is 1200. The molecule has 3 aromatic carbocycles. The van der Waals surface area contributed by atoms with Crippen LogP contribution in [0.1, 0.15) is 16.2 Å². The third-order valence-corrected chi connectivity index (χ3v) is 4.61. The predicted octanol–water partition coefficient (Wildman–Crippen LogP) is 3.83. The van der Waals surface area contributed by atoms with E-state index in [4.69, 9.17) is 9.47 Å². The number of rotatable bonds is 7. The van der Waals surface area contributed by atoms with E-state index in [9.17, 15) is 9.59 Å². The van der Waals surface area contributed by atoms with Gasteiger partial charge in [0.05, 0.1) is 23.0 Å². The van der Waals surface area contributed by atoms with E-state index in [0.29, 0.717) is 28.0 Å². The second-order valence-corrected chi connectivity index (χ2v) is 6.61. The van der Waals surface area contributed by atoms with Crippen molar-refractivity contribution >= 4 is 16.9 Å². The number of para-hydroxylation sites is 2. The summed E-state index contributed by atoms with van der Waals surface area (Å²) < 4.78 is 12.7. The predicted molar refractivity (Wildman–Crippen MR) is 114 cm³/mol. The molecule has 0 saturated heterocycles. The van der Waals surface area contributed by atoms with Crippen LogP contribution in [0.2, 0.25) is 0 Å². The third-order valence-electron chi connectivity index (χ3n) is 4.61. The van der Waals surface area contributed by atoms with Crippen molar-refractivity contribution < 1.29 is 14.3 Å². The summed E-state index contributed by atoms with van der Waals surface area (Å²) in [5.74, 6) is 0.722. The zero-order chi connectivity index (χ0) is 20.8. The van der Waals surface area contributed by atoms with E-state index in [0.717, 1.165) is 0 Å². The van der Waals surface area contributed by atoms with Gasteiger partial charge in [0.1, 0.15) is 24.8 Å². The number of nitrogens with zero attached hydrogens (tertiary/aromatic N) is 2. The molecule has 0 saturated carbocycles. The number of carbonyl (C=O) groups is 1. The highest BCUT2D eigenvalue weighted by atomic mass is 16.5. The molecular weight excluding hydrogens is 380 g/mol. The van der Waals surface area contributed by atoms with Crippen molar-refractivity contribution in [1.29, 1.82) is 0 Å². The van der Waals surface area contributed by atoms with Gasteiger partial charge in [-0.2, -0.15) is 0 Å². The van der Waals surface area contributed by atoms with Crippen LogP contribution >= 0.6 is 0 Å². The van der Waals surface area contributed by atoms with Crippen LogP contribution in [0.15, 0.2) is 89.7 Å². The van der Waals surface area contributed by atoms with Gasteiger partial charge in [-0.15, -0.1) is 0 Å². The van der Waals surface area contributed by atoms with Crippen LogP contribution in [0, 0.1) is 0 Å². The summed E-state index contributed by atoms with van der Waals surface area (Å²) in [4.78, 5) is 29.8. The summed E-state index contributed by atoms with van der Waals surface area (Å²) in [6.07, 6.45) is 0. The third kappa shape index (κ3) is 4.38. The van der Waals surface area contributed by atoms with Gasteiger partial charge in [-0.25, -0.2) is 9.78 Å². The number of ether oxygens (including phenoxy) is 2. The summed E-state index contributed by atoms with van der Waals surface area (Å²) in [6, 6.07) is 25.2. The molecular formula is C24H20N2O4. The van der Waals surface area contributed by atoms with E-state index in [2.05, 4.69) is 4.98 Å². The molecule has 1 aromatic heterocycles. The normalized spacial score (nSPS) is 10.7. The summed E-state index contributed by atoms with van der Waals surface area (Å²) in [7, 11) is 0. The van der Waals surface area contributed by atoms with Crippen molar-refractivity contribution in [2.45, 2.75) is 13.2 Å². The van der Waals surface area contributed by atoms with Gasteiger partial charge in [0.15, 0.2) is 0 Å². The lowest BCUT2D eigenvalue weighted by Crippen LogP contribution is -2.28. The fraction of sp³-hybridized carbons (Fsp3) is 0.125. The molecule has 0 fully saturated rings. The number of fused-ring (bicyclic) bond motifs is 1. The Hall–Kier alpha value is -3.93. The van der Waals surface area contributed by atoms with Crippen molar-refractivity contribution in [2.75, 3.05) is 6.61 Å². The number of hydrogen-bond acceptors (Lipinski definition) is 5. The van der Waals surface area contributed by atoms with E-state index >= 15 is 0 Å². The first-order valence-corrected chi connectivity index (χ1v) is 9.61. The summed E-state index contributed by atoms with van der Waals surface area (Å²) >= 11 is 0. The molecule has 6 nitrogen and oxygen atoms in total. The Kier molecular flexibility index (Phi) is 5.85. The minimum atomic E-state index is -0.431. The molecule has 0 atom stereocenters. The van der Waals surface area contributed by atoms with Gasteiger partial charge in [0, 0.05) is 0 Å². The lowest BCUT2D eigenvalue weighted by atomic mass is 10.2. The molecule has 0 aliphatic heterocycles. The molecule has 30 heavy (non-hydrogen) atoms. The molecule has 4 aromatic rings. The molecule has 1 heterocycles. The second-order valence-electron chi connectivity index (χ2n) is 6.61. The SMILES string of the molecule is O=C(OCCn1c(COc2ccccc2)nc2ccccc2c1=O)c1ccccc1. The standard InChI is InChI=1S/C24H20N2O4/c27-23-20-13-7-8-14-21(20)25-22(17-30-19-11-5-2-6-12-19)26(23)15-16-29-24(28)18-9-3-1-4-10-18/h1-14H,15-17H2. The Morgan fingerprint density at radius 3 is 2.30 bits per heavy atom. The molecule has 4 rings (SSSR count). The van der Waals surface area contributed by atoms with Gasteiger partial charge in [-0.1, -0.05) is 48.5 Å². The molecule has 0 spiro atoms. The molecule has 0 N–H and O–H groups in total. The van der Waals surface area contributed by atoms with E-state index in [1.807, 2.05) is 42.5 Å². The number of carbonyl (C=O) groups excluding carboxylic acids is 1. The average molecular weight is 400 g/mol. The Labute approximate surface area is 173 Å². The van der Waals surface area contributed by atoms with Crippen molar-refractivity contribution in [1.82, 2.24) is 9.55 Å². The Balaban J connectivity index is 1.56. The molecule has 0 bridgehead atoms. The van der Waals surface area contributed by atoms with Crippen LogP contribution in [-0.2, 0) is 17.9 Å². The number of benzene rings is 3. The molecule has 0 unspecified atom stereocenters. The lowest BCUT2D eigenvalue weighted by molar-refractivity contribution is 0.0488. The minimum absolute atomic E-state index is 0.0476. The number of esters is 1. The summed E-state index contributed by atoms with van der Waals surface area (Å²) in [5, 5.41) is 0.510. The van der Waals surface area contributed by atoms with E-state index < -0.39 is 5.97 Å². The zero-order valence-electron chi connectivity index (χ0n) is 16.2. The molecule has 6 heteroatoms. The van der Waals surface area contributed by atoms with Gasteiger partial charge in [-0.3, -0.25) is 9.36 Å². The fourth-order valence-electron chi connectivity index (χ4n) is 3.11. The van der Waals surface area contributed by atoms with Crippen molar-refractivity contribution in [3.05, 3.63) is 107 Å². The van der Waals surface area contributed by atoms with E-state index in [1.54, 1.807) is 42.5 Å². The quantitative estimate of drug-likeness (QED) is 0.441. The van der Waals surface area contributed by atoms with E-state index in [1.165, 1.54) is 4.57 Å². The fourth-order valence-corrected chi connectivity index (χ4v) is 3.11. The van der Waals surface area contributed by atoms with Crippen LogP contribution in [0.3, 0.4) is 0 Å². The van der Waals surface area contributed by atoms with Crippen LogP contribution < -0.4 is 10.3 Å². The number of aromatic nitrogens is 2. The van der Waals surface area contributed by atoms with Crippen LogP contribution in [0.25, 0.3) is 10.9 Å². The monoisotopic (exact) mass is 400 g/mol. The van der Waals surface area contributed by atoms with Gasteiger partial charge in [0.25, 0.3) is 5.56 Å². The highest BCUT2D eigenvalue weighted by Gasteiger charge is 2.13. The maximum absolute atomic E-state index is 13.0. The molecule has 0 radical (unpaired) electrons. The first kappa shape index (κ1) is 19.4. The smallest absolute Gasteiger partial charge is 0.338 e. The minimum Gasteiger partial charge on any atom is -0.486 e. The van der Waals surface area contributed by atoms with Gasteiger partial charge >= 0.3 is 5.97 Å². The van der Waals surface area contributed by atoms with Crippen LogP contribution in [-0.4, -0.2) is 22.1 Å². The number of hydrogen-bond donors (Lipinski definition) is 0. The molecule has 0 aliphatic rings. The summed E-state index contributed by atoms with van der Waals surface area (Å²) in [5.41, 5.74) is 0.879. The van der Waals surface area contributed by atoms with Gasteiger partial charge < -0.3 is 9.47 Å². The Morgan fingerprint density at radius 2 is 1.53 bits per heavy atom. The lowest BCUT2D eigenvalue weighted by Gasteiger charge is -2.14. The molecule has 0 aliphatic carbocycles. The highest BCUT2D eigenvalue weighted by Crippen LogP contribution is 2.13. The molecule has 0 amide bonds. The second kappa shape index (κ2) is 9.05.